The van der Waals surface area contributed by atoms with E-state index in [-0.39, 0.29) is 5.91 Å². The third-order valence-electron chi connectivity index (χ3n) is 5.31. The summed E-state index contributed by atoms with van der Waals surface area (Å²) in [5, 5.41) is 4.01. The number of anilines is 2. The summed E-state index contributed by atoms with van der Waals surface area (Å²) in [6.45, 7) is 3.64. The van der Waals surface area contributed by atoms with Crippen LogP contribution in [0, 0.1) is 0 Å². The second kappa shape index (κ2) is 9.83. The molecule has 154 valence electrons. The first-order valence-corrected chi connectivity index (χ1v) is 11.6. The Balaban J connectivity index is 1.40. The number of nitrogens with one attached hydrogen (secondary N) is 1. The van der Waals surface area contributed by atoms with E-state index in [9.17, 15) is 4.79 Å². The van der Waals surface area contributed by atoms with Crippen molar-refractivity contribution in [1.29, 1.82) is 0 Å². The lowest BCUT2D eigenvalue weighted by molar-refractivity contribution is 0.1000. The molecule has 5 nitrogen and oxygen atoms in total. The number of pyridine rings is 1. The number of hydrogen-bond acceptors (Lipinski definition) is 5. The molecule has 2 aromatic rings. The van der Waals surface area contributed by atoms with Crippen LogP contribution >= 0.6 is 23.4 Å². The Bertz CT molecular complexity index is 852. The summed E-state index contributed by atoms with van der Waals surface area (Å²) < 4.78 is 5.43. The lowest BCUT2D eigenvalue weighted by atomic mass is 10.2. The molecule has 0 unspecified atom stereocenters. The van der Waals surface area contributed by atoms with E-state index in [1.807, 2.05) is 30.0 Å². The van der Waals surface area contributed by atoms with Gasteiger partial charge in [0.05, 0.1) is 0 Å². The summed E-state index contributed by atoms with van der Waals surface area (Å²) in [5.74, 6) is 1.56. The summed E-state index contributed by atoms with van der Waals surface area (Å²) in [7, 11) is 0. The van der Waals surface area contributed by atoms with Gasteiger partial charge in [0, 0.05) is 48.6 Å². The Labute approximate surface area is 181 Å². The van der Waals surface area contributed by atoms with Gasteiger partial charge in [0.2, 0.25) is 0 Å². The second-order valence-corrected chi connectivity index (χ2v) is 9.18. The molecule has 1 amide bonds. The van der Waals surface area contributed by atoms with Crippen molar-refractivity contribution in [3.63, 3.8) is 0 Å². The standard InChI is InChI=1S/C22H26ClN3O2S/c23-20-13-17(14-21(25-20)26-8-1-2-9-26)22(27)24-18-5-3-4-16(12-18)15-29-19-6-10-28-11-7-19/h3-5,12-14,19H,1-2,6-11,15H2,(H,24,27). The SMILES string of the molecule is O=C(Nc1cccc(CSC2CCOCC2)c1)c1cc(Cl)nc(N2CCCC2)c1. The maximum absolute atomic E-state index is 12.8. The summed E-state index contributed by atoms with van der Waals surface area (Å²) in [6.07, 6.45) is 4.52. The zero-order valence-electron chi connectivity index (χ0n) is 16.4. The number of ether oxygens (including phenoxy) is 1. The third kappa shape index (κ3) is 5.65. The Morgan fingerprint density at radius 2 is 2.00 bits per heavy atom. The predicted octanol–water partition coefficient (Wildman–Crippen LogP) is 5.00. The van der Waals surface area contributed by atoms with E-state index in [1.54, 1.807) is 6.07 Å². The van der Waals surface area contributed by atoms with Gasteiger partial charge in [-0.15, -0.1) is 0 Å². The molecule has 0 bridgehead atoms. The van der Waals surface area contributed by atoms with E-state index in [2.05, 4.69) is 27.3 Å². The van der Waals surface area contributed by atoms with E-state index < -0.39 is 0 Å². The lowest BCUT2D eigenvalue weighted by Crippen LogP contribution is -2.20. The second-order valence-electron chi connectivity index (χ2n) is 7.51. The molecule has 2 saturated heterocycles. The molecule has 1 aromatic carbocycles. The van der Waals surface area contributed by atoms with Crippen LogP contribution < -0.4 is 10.2 Å². The van der Waals surface area contributed by atoms with Gasteiger partial charge >= 0.3 is 0 Å². The summed E-state index contributed by atoms with van der Waals surface area (Å²) >= 11 is 8.15. The van der Waals surface area contributed by atoms with Crippen molar-refractivity contribution in [3.05, 3.63) is 52.7 Å². The van der Waals surface area contributed by atoms with Crippen LogP contribution in [0.15, 0.2) is 36.4 Å². The zero-order valence-corrected chi connectivity index (χ0v) is 18.0. The first kappa shape index (κ1) is 20.5. The Kier molecular flexibility index (Phi) is 6.95. The van der Waals surface area contributed by atoms with Crippen LogP contribution in [0.5, 0.6) is 0 Å². The molecule has 4 rings (SSSR count). The van der Waals surface area contributed by atoms with Crippen LogP contribution in [0.4, 0.5) is 11.5 Å². The number of rotatable bonds is 6. The minimum absolute atomic E-state index is 0.163. The van der Waals surface area contributed by atoms with Crippen molar-refractivity contribution in [2.75, 3.05) is 36.5 Å². The predicted molar refractivity (Wildman–Crippen MR) is 120 cm³/mol. The van der Waals surface area contributed by atoms with E-state index in [1.165, 1.54) is 5.56 Å². The summed E-state index contributed by atoms with van der Waals surface area (Å²) in [4.78, 5) is 19.4. The topological polar surface area (TPSA) is 54.5 Å². The van der Waals surface area contributed by atoms with Crippen molar-refractivity contribution in [2.24, 2.45) is 0 Å². The van der Waals surface area contributed by atoms with Gasteiger partial charge in [0.15, 0.2) is 0 Å². The smallest absolute Gasteiger partial charge is 0.255 e. The molecule has 2 fully saturated rings. The van der Waals surface area contributed by atoms with Crippen LogP contribution in [-0.4, -0.2) is 42.4 Å². The number of benzene rings is 1. The largest absolute Gasteiger partial charge is 0.381 e. The molecule has 0 radical (unpaired) electrons. The van der Waals surface area contributed by atoms with Gasteiger partial charge in [-0.25, -0.2) is 4.98 Å². The molecule has 0 atom stereocenters. The Morgan fingerprint density at radius 1 is 1.21 bits per heavy atom. The molecule has 2 aliphatic rings. The number of thioether (sulfide) groups is 1. The Hall–Kier alpha value is -1.76. The van der Waals surface area contributed by atoms with Gasteiger partial charge in [0.1, 0.15) is 11.0 Å². The number of carbonyl (C=O) groups is 1. The van der Waals surface area contributed by atoms with Crippen molar-refractivity contribution in [3.8, 4) is 0 Å². The third-order valence-corrected chi connectivity index (χ3v) is 6.95. The van der Waals surface area contributed by atoms with Gasteiger partial charge in [-0.1, -0.05) is 23.7 Å². The number of aromatic nitrogens is 1. The van der Waals surface area contributed by atoms with Crippen LogP contribution in [0.25, 0.3) is 0 Å². The summed E-state index contributed by atoms with van der Waals surface area (Å²) in [6, 6.07) is 11.5. The number of carbonyl (C=O) groups excluding carboxylic acids is 1. The molecule has 3 heterocycles. The summed E-state index contributed by atoms with van der Waals surface area (Å²) in [5.41, 5.74) is 2.55. The van der Waals surface area contributed by atoms with E-state index in [0.717, 1.165) is 69.2 Å². The monoisotopic (exact) mass is 431 g/mol. The quantitative estimate of drug-likeness (QED) is 0.652. The molecule has 29 heavy (non-hydrogen) atoms. The van der Waals surface area contributed by atoms with Crippen LogP contribution in [0.2, 0.25) is 5.15 Å². The first-order valence-electron chi connectivity index (χ1n) is 10.2. The van der Waals surface area contributed by atoms with E-state index >= 15 is 0 Å². The fourth-order valence-corrected chi connectivity index (χ4v) is 5.06. The van der Waals surface area contributed by atoms with Gasteiger partial charge in [-0.3, -0.25) is 4.79 Å². The Morgan fingerprint density at radius 3 is 2.79 bits per heavy atom. The average molecular weight is 432 g/mol. The van der Waals surface area contributed by atoms with Crippen LogP contribution in [0.1, 0.15) is 41.6 Å². The number of halogens is 1. The molecule has 1 N–H and O–H groups in total. The van der Waals surface area contributed by atoms with E-state index in [0.29, 0.717) is 16.0 Å². The maximum atomic E-state index is 12.8. The maximum Gasteiger partial charge on any atom is 0.255 e. The molecule has 0 spiro atoms. The van der Waals surface area contributed by atoms with Crippen LogP contribution in [0.3, 0.4) is 0 Å². The fourth-order valence-electron chi connectivity index (χ4n) is 3.72. The highest BCUT2D eigenvalue weighted by atomic mass is 35.5. The lowest BCUT2D eigenvalue weighted by Gasteiger charge is -2.21. The average Bonchev–Trinajstić information content (AvgIpc) is 3.28. The molecule has 0 saturated carbocycles. The van der Waals surface area contributed by atoms with Crippen LogP contribution in [-0.2, 0) is 10.5 Å². The fraction of sp³-hybridized carbons (Fsp3) is 0.455. The zero-order chi connectivity index (χ0) is 20.1. The van der Waals surface area contributed by atoms with Gasteiger partial charge in [0.25, 0.3) is 5.91 Å². The molecule has 0 aliphatic carbocycles. The molecular formula is C22H26ClN3O2S. The normalized spacial score (nSPS) is 17.5. The van der Waals surface area contributed by atoms with Gasteiger partial charge < -0.3 is 15.0 Å². The molecule has 7 heteroatoms. The highest BCUT2D eigenvalue weighted by Gasteiger charge is 2.17. The molecule has 1 aromatic heterocycles. The number of amides is 1. The first-order chi connectivity index (χ1) is 14.2. The van der Waals surface area contributed by atoms with E-state index in [4.69, 9.17) is 16.3 Å². The number of hydrogen-bond donors (Lipinski definition) is 1. The molecular weight excluding hydrogens is 406 g/mol. The highest BCUT2D eigenvalue weighted by Crippen LogP contribution is 2.27. The number of nitrogens with zero attached hydrogens (tertiary/aromatic N) is 2. The van der Waals surface area contributed by atoms with Crippen molar-refractivity contribution in [1.82, 2.24) is 4.98 Å². The minimum atomic E-state index is -0.163. The minimum Gasteiger partial charge on any atom is -0.381 e. The van der Waals surface area contributed by atoms with Gasteiger partial charge in [-0.05, 0) is 55.5 Å². The van der Waals surface area contributed by atoms with Crippen molar-refractivity contribution in [2.45, 2.75) is 36.7 Å². The highest BCUT2D eigenvalue weighted by molar-refractivity contribution is 7.99. The van der Waals surface area contributed by atoms with Crippen molar-refractivity contribution < 1.29 is 9.53 Å². The molecule has 2 aliphatic heterocycles. The van der Waals surface area contributed by atoms with Crippen molar-refractivity contribution >= 4 is 40.8 Å². The van der Waals surface area contributed by atoms with Gasteiger partial charge in [-0.2, -0.15) is 11.8 Å².